The molecule has 5 nitrogen and oxygen atoms in total. The van der Waals surface area contributed by atoms with Gasteiger partial charge in [0.25, 0.3) is 0 Å². The predicted molar refractivity (Wildman–Crippen MR) is 98.4 cm³/mol. The number of amides is 2. The average molecular weight is 354 g/mol. The first-order chi connectivity index (χ1) is 12.7. The van der Waals surface area contributed by atoms with Crippen molar-refractivity contribution in [3.05, 3.63) is 60.2 Å². The van der Waals surface area contributed by atoms with E-state index in [0.29, 0.717) is 5.92 Å². The van der Waals surface area contributed by atoms with Gasteiger partial charge >= 0.3 is 6.03 Å². The quantitative estimate of drug-likeness (QED) is 0.887. The second-order valence-electron chi connectivity index (χ2n) is 7.11. The highest BCUT2D eigenvalue weighted by molar-refractivity contribution is 5.89. The van der Waals surface area contributed by atoms with Gasteiger partial charge in [-0.2, -0.15) is 0 Å². The van der Waals surface area contributed by atoms with E-state index in [1.165, 1.54) is 11.6 Å². The topological polar surface area (TPSA) is 57.3 Å². The average Bonchev–Trinajstić information content (AvgIpc) is 2.67. The first-order valence-electron chi connectivity index (χ1n) is 9.16. The van der Waals surface area contributed by atoms with Crippen LogP contribution in [-0.4, -0.2) is 41.1 Å². The number of halogens is 1. The Labute approximate surface area is 152 Å². The van der Waals surface area contributed by atoms with Crippen LogP contribution in [0.5, 0.6) is 0 Å². The molecule has 2 atom stereocenters. The summed E-state index contributed by atoms with van der Waals surface area (Å²) in [7, 11) is 0. The minimum Gasteiger partial charge on any atom is -0.333 e. The van der Waals surface area contributed by atoms with Gasteiger partial charge in [-0.25, -0.2) is 9.18 Å². The Morgan fingerprint density at radius 2 is 2.00 bits per heavy atom. The van der Waals surface area contributed by atoms with Crippen LogP contribution < -0.4 is 10.6 Å². The van der Waals surface area contributed by atoms with Gasteiger partial charge in [0, 0.05) is 24.5 Å². The standard InChI is InChI=1S/C20H23FN4O/c21-16-5-1-2-6-17(16)23-20(26)24-19-15-7-10-25(11-8-15)18(19)12-14-4-3-9-22-13-14/h1-6,9,13,15,18-19H,7-8,10-12H2,(H2,23,24,26). The van der Waals surface area contributed by atoms with Crippen molar-refractivity contribution >= 4 is 11.7 Å². The molecule has 3 fully saturated rings. The number of pyridine rings is 1. The number of benzene rings is 1. The summed E-state index contributed by atoms with van der Waals surface area (Å²) < 4.78 is 13.8. The fourth-order valence-corrected chi connectivity index (χ4v) is 4.25. The smallest absolute Gasteiger partial charge is 0.319 e. The molecule has 2 bridgehead atoms. The second kappa shape index (κ2) is 7.41. The second-order valence-corrected chi connectivity index (χ2v) is 7.11. The highest BCUT2D eigenvalue weighted by atomic mass is 19.1. The van der Waals surface area contributed by atoms with Gasteiger partial charge in [0.05, 0.1) is 5.69 Å². The number of rotatable bonds is 4. The van der Waals surface area contributed by atoms with Gasteiger partial charge in [0.1, 0.15) is 5.82 Å². The molecule has 3 aliphatic heterocycles. The lowest BCUT2D eigenvalue weighted by molar-refractivity contribution is 0.0184. The van der Waals surface area contributed by atoms with Gasteiger partial charge in [-0.05, 0) is 62.0 Å². The third-order valence-corrected chi connectivity index (χ3v) is 5.55. The normalized spacial score (nSPS) is 27.1. The molecule has 1 aromatic carbocycles. The highest BCUT2D eigenvalue weighted by Gasteiger charge is 2.42. The van der Waals surface area contributed by atoms with Crippen molar-refractivity contribution < 1.29 is 9.18 Å². The van der Waals surface area contributed by atoms with Crippen molar-refractivity contribution in [3.63, 3.8) is 0 Å². The molecule has 26 heavy (non-hydrogen) atoms. The largest absolute Gasteiger partial charge is 0.333 e. The molecule has 2 unspecified atom stereocenters. The van der Waals surface area contributed by atoms with Crippen LogP contribution in [0.3, 0.4) is 0 Å². The third-order valence-electron chi connectivity index (χ3n) is 5.55. The molecule has 2 N–H and O–H groups in total. The lowest BCUT2D eigenvalue weighted by Crippen LogP contribution is -2.64. The number of nitrogens with one attached hydrogen (secondary N) is 2. The Morgan fingerprint density at radius 3 is 2.73 bits per heavy atom. The summed E-state index contributed by atoms with van der Waals surface area (Å²) in [6, 6.07) is 10.2. The zero-order valence-electron chi connectivity index (χ0n) is 14.6. The van der Waals surface area contributed by atoms with E-state index < -0.39 is 5.82 Å². The minimum atomic E-state index is -0.427. The van der Waals surface area contributed by atoms with E-state index in [1.54, 1.807) is 24.4 Å². The number of para-hydroxylation sites is 1. The SMILES string of the molecule is O=C(Nc1ccccc1F)NC1C2CCN(CC2)C1Cc1cccnc1. The van der Waals surface area contributed by atoms with E-state index >= 15 is 0 Å². The zero-order chi connectivity index (χ0) is 17.9. The summed E-state index contributed by atoms with van der Waals surface area (Å²) in [6.45, 7) is 2.14. The fourth-order valence-electron chi connectivity index (χ4n) is 4.25. The first kappa shape index (κ1) is 17.0. The molecular formula is C20H23FN4O. The molecule has 1 aromatic heterocycles. The van der Waals surface area contributed by atoms with Crippen LogP contribution >= 0.6 is 0 Å². The maximum atomic E-state index is 13.8. The monoisotopic (exact) mass is 354 g/mol. The van der Waals surface area contributed by atoms with Crippen LogP contribution in [0, 0.1) is 11.7 Å². The molecule has 4 heterocycles. The lowest BCUT2D eigenvalue weighted by atomic mass is 9.77. The van der Waals surface area contributed by atoms with E-state index in [0.717, 1.165) is 32.4 Å². The molecule has 136 valence electrons. The summed E-state index contributed by atoms with van der Waals surface area (Å²) in [5.74, 6) is 0.0384. The summed E-state index contributed by atoms with van der Waals surface area (Å²) in [6.07, 6.45) is 6.70. The number of hydrogen-bond acceptors (Lipinski definition) is 3. The predicted octanol–water partition coefficient (Wildman–Crippen LogP) is 3.05. The van der Waals surface area contributed by atoms with Gasteiger partial charge in [0.15, 0.2) is 0 Å². The number of carbonyl (C=O) groups is 1. The molecule has 0 spiro atoms. The first-order valence-corrected chi connectivity index (χ1v) is 9.16. The number of anilines is 1. The van der Waals surface area contributed by atoms with Crippen LogP contribution in [0.15, 0.2) is 48.8 Å². The zero-order valence-corrected chi connectivity index (χ0v) is 14.6. The van der Waals surface area contributed by atoms with Crippen molar-refractivity contribution in [2.24, 2.45) is 5.92 Å². The highest BCUT2D eigenvalue weighted by Crippen LogP contribution is 2.34. The molecule has 3 aliphatic rings. The molecule has 5 rings (SSSR count). The Balaban J connectivity index is 1.47. The van der Waals surface area contributed by atoms with E-state index in [1.807, 2.05) is 12.3 Å². The third kappa shape index (κ3) is 3.55. The van der Waals surface area contributed by atoms with Crippen molar-refractivity contribution in [3.8, 4) is 0 Å². The maximum absolute atomic E-state index is 13.8. The number of fused-ring (bicyclic) bond motifs is 3. The van der Waals surface area contributed by atoms with E-state index in [-0.39, 0.29) is 23.8 Å². The Morgan fingerprint density at radius 1 is 1.19 bits per heavy atom. The number of urea groups is 1. The summed E-state index contributed by atoms with van der Waals surface area (Å²) in [5.41, 5.74) is 1.38. The van der Waals surface area contributed by atoms with Crippen LogP contribution in [0.2, 0.25) is 0 Å². The molecule has 2 aromatic rings. The summed E-state index contributed by atoms with van der Waals surface area (Å²) in [4.78, 5) is 19.2. The van der Waals surface area contributed by atoms with Gasteiger partial charge in [-0.3, -0.25) is 9.88 Å². The number of piperidine rings is 3. The number of aromatic nitrogens is 1. The van der Waals surface area contributed by atoms with Crippen molar-refractivity contribution in [1.82, 2.24) is 15.2 Å². The van der Waals surface area contributed by atoms with E-state index in [4.69, 9.17) is 0 Å². The Kier molecular flexibility index (Phi) is 4.84. The van der Waals surface area contributed by atoms with Gasteiger partial charge < -0.3 is 10.6 Å². The summed E-state index contributed by atoms with van der Waals surface area (Å²) >= 11 is 0. The van der Waals surface area contributed by atoms with Crippen molar-refractivity contribution in [1.29, 1.82) is 0 Å². The molecule has 6 heteroatoms. The summed E-state index contributed by atoms with van der Waals surface area (Å²) in [5, 5.41) is 5.76. The van der Waals surface area contributed by atoms with Crippen LogP contribution in [0.1, 0.15) is 18.4 Å². The van der Waals surface area contributed by atoms with Crippen molar-refractivity contribution in [2.75, 3.05) is 18.4 Å². The van der Waals surface area contributed by atoms with E-state index in [9.17, 15) is 9.18 Å². The minimum absolute atomic E-state index is 0.0597. The lowest BCUT2D eigenvalue weighted by Gasteiger charge is -2.51. The fraction of sp³-hybridized carbons (Fsp3) is 0.400. The van der Waals surface area contributed by atoms with Crippen LogP contribution in [0.25, 0.3) is 0 Å². The van der Waals surface area contributed by atoms with Gasteiger partial charge in [-0.1, -0.05) is 18.2 Å². The molecular weight excluding hydrogens is 331 g/mol. The number of hydrogen-bond donors (Lipinski definition) is 2. The molecule has 2 amide bonds. The maximum Gasteiger partial charge on any atom is 0.319 e. The van der Waals surface area contributed by atoms with Gasteiger partial charge in [0.2, 0.25) is 0 Å². The number of carbonyl (C=O) groups excluding carboxylic acids is 1. The molecule has 0 radical (unpaired) electrons. The molecule has 3 saturated heterocycles. The Hall–Kier alpha value is -2.47. The molecule has 0 saturated carbocycles. The van der Waals surface area contributed by atoms with Crippen LogP contribution in [-0.2, 0) is 6.42 Å². The van der Waals surface area contributed by atoms with Gasteiger partial charge in [-0.15, -0.1) is 0 Å². The van der Waals surface area contributed by atoms with Crippen molar-refractivity contribution in [2.45, 2.75) is 31.3 Å². The number of nitrogens with zero attached hydrogens (tertiary/aromatic N) is 2. The molecule has 0 aliphatic carbocycles. The van der Waals surface area contributed by atoms with Crippen LogP contribution in [0.4, 0.5) is 14.9 Å². The van der Waals surface area contributed by atoms with E-state index in [2.05, 4.69) is 26.6 Å². The Bertz CT molecular complexity index is 761.